The summed E-state index contributed by atoms with van der Waals surface area (Å²) in [5.41, 5.74) is 6.89. The van der Waals surface area contributed by atoms with Crippen molar-refractivity contribution in [3.63, 3.8) is 0 Å². The molecule has 1 aromatic carbocycles. The summed E-state index contributed by atoms with van der Waals surface area (Å²) >= 11 is 0. The van der Waals surface area contributed by atoms with Gasteiger partial charge in [0.25, 0.3) is 0 Å². The van der Waals surface area contributed by atoms with Crippen LogP contribution in [0.5, 0.6) is 0 Å². The first-order chi connectivity index (χ1) is 8.68. The van der Waals surface area contributed by atoms with Crippen LogP contribution in [0.1, 0.15) is 13.3 Å². The molecule has 2 N–H and O–H groups in total. The highest BCUT2D eigenvalue weighted by Gasteiger charge is 2.21. The van der Waals surface area contributed by atoms with E-state index in [0.717, 1.165) is 32.6 Å². The van der Waals surface area contributed by atoms with Crippen molar-refractivity contribution in [1.82, 2.24) is 4.90 Å². The smallest absolute Gasteiger partial charge is 0.239 e. The summed E-state index contributed by atoms with van der Waals surface area (Å²) in [6.45, 7) is 5.19. The number of hydrogen-bond acceptors (Lipinski definition) is 3. The van der Waals surface area contributed by atoms with Gasteiger partial charge in [-0.15, -0.1) is 0 Å². The topological polar surface area (TPSA) is 49.6 Å². The van der Waals surface area contributed by atoms with Crippen LogP contribution in [0.25, 0.3) is 0 Å². The molecule has 0 saturated carbocycles. The van der Waals surface area contributed by atoms with Gasteiger partial charge in [-0.3, -0.25) is 4.79 Å². The molecule has 0 aromatic heterocycles. The molecule has 1 aliphatic heterocycles. The quantitative estimate of drug-likeness (QED) is 0.850. The van der Waals surface area contributed by atoms with E-state index in [0.29, 0.717) is 0 Å². The van der Waals surface area contributed by atoms with Crippen molar-refractivity contribution in [2.24, 2.45) is 5.73 Å². The fourth-order valence-corrected chi connectivity index (χ4v) is 2.32. The summed E-state index contributed by atoms with van der Waals surface area (Å²) in [7, 11) is 0. The van der Waals surface area contributed by atoms with E-state index in [1.165, 1.54) is 5.69 Å². The van der Waals surface area contributed by atoms with E-state index in [4.69, 9.17) is 5.73 Å². The van der Waals surface area contributed by atoms with E-state index in [1.807, 2.05) is 23.1 Å². The van der Waals surface area contributed by atoms with Crippen LogP contribution < -0.4 is 10.6 Å². The number of rotatable bonds is 2. The summed E-state index contributed by atoms with van der Waals surface area (Å²) in [4.78, 5) is 16.1. The normalized spacial score (nSPS) is 18.3. The molecule has 1 fully saturated rings. The maximum atomic E-state index is 11.9. The minimum absolute atomic E-state index is 0.0601. The second-order valence-corrected chi connectivity index (χ2v) is 4.79. The number of anilines is 1. The standard InChI is InChI=1S/C14H21N3O/c1-12(15)14(18)17-9-5-8-16(10-11-17)13-6-3-2-4-7-13/h2-4,6-7,12H,5,8-11,15H2,1H3/t12-/m1/s1. The Hall–Kier alpha value is -1.55. The van der Waals surface area contributed by atoms with E-state index >= 15 is 0 Å². The molecule has 4 nitrogen and oxygen atoms in total. The van der Waals surface area contributed by atoms with E-state index < -0.39 is 6.04 Å². The Labute approximate surface area is 108 Å². The molecule has 4 heteroatoms. The van der Waals surface area contributed by atoms with Crippen molar-refractivity contribution in [1.29, 1.82) is 0 Å². The number of hydrogen-bond donors (Lipinski definition) is 1. The lowest BCUT2D eigenvalue weighted by molar-refractivity contribution is -0.131. The Kier molecular flexibility index (Phi) is 4.20. The zero-order valence-corrected chi connectivity index (χ0v) is 10.9. The summed E-state index contributed by atoms with van der Waals surface area (Å²) in [6.07, 6.45) is 0.993. The van der Waals surface area contributed by atoms with Crippen molar-refractivity contribution >= 4 is 11.6 Å². The molecule has 1 aliphatic rings. The monoisotopic (exact) mass is 247 g/mol. The number of benzene rings is 1. The first-order valence-corrected chi connectivity index (χ1v) is 6.53. The van der Waals surface area contributed by atoms with Gasteiger partial charge >= 0.3 is 0 Å². The van der Waals surface area contributed by atoms with Crippen LogP contribution in [0.15, 0.2) is 30.3 Å². The molecule has 18 heavy (non-hydrogen) atoms. The zero-order chi connectivity index (χ0) is 13.0. The molecule has 1 heterocycles. The molecule has 1 amide bonds. The zero-order valence-electron chi connectivity index (χ0n) is 10.9. The van der Waals surface area contributed by atoms with E-state index in [-0.39, 0.29) is 5.91 Å². The summed E-state index contributed by atoms with van der Waals surface area (Å²) < 4.78 is 0. The average Bonchev–Trinajstić information content (AvgIpc) is 2.64. The molecule has 0 bridgehead atoms. The van der Waals surface area contributed by atoms with Gasteiger partial charge < -0.3 is 15.5 Å². The van der Waals surface area contributed by atoms with E-state index in [1.54, 1.807) is 6.92 Å². The maximum absolute atomic E-state index is 11.9. The van der Waals surface area contributed by atoms with E-state index in [9.17, 15) is 4.79 Å². The van der Waals surface area contributed by atoms with Crippen molar-refractivity contribution in [2.75, 3.05) is 31.1 Å². The third-order valence-electron chi connectivity index (χ3n) is 3.32. The lowest BCUT2D eigenvalue weighted by Crippen LogP contribution is -2.43. The third kappa shape index (κ3) is 3.01. The van der Waals surface area contributed by atoms with Gasteiger partial charge in [0, 0.05) is 31.9 Å². The molecule has 0 radical (unpaired) electrons. The number of carbonyl (C=O) groups is 1. The predicted molar refractivity (Wildman–Crippen MR) is 73.5 cm³/mol. The van der Waals surface area contributed by atoms with Gasteiger partial charge in [0.1, 0.15) is 0 Å². The van der Waals surface area contributed by atoms with Crippen LogP contribution in [-0.2, 0) is 4.79 Å². The number of para-hydroxylation sites is 1. The second-order valence-electron chi connectivity index (χ2n) is 4.79. The minimum Gasteiger partial charge on any atom is -0.370 e. The Morgan fingerprint density at radius 3 is 2.56 bits per heavy atom. The summed E-state index contributed by atoms with van der Waals surface area (Å²) in [6, 6.07) is 9.95. The fraction of sp³-hybridized carbons (Fsp3) is 0.500. The first-order valence-electron chi connectivity index (χ1n) is 6.53. The molecular formula is C14H21N3O. The molecule has 0 aliphatic carbocycles. The van der Waals surface area contributed by atoms with Gasteiger partial charge in [-0.25, -0.2) is 0 Å². The molecule has 0 unspecified atom stereocenters. The molecule has 98 valence electrons. The van der Waals surface area contributed by atoms with Crippen LogP contribution in [0, 0.1) is 0 Å². The number of nitrogens with two attached hydrogens (primary N) is 1. The number of nitrogens with zero attached hydrogens (tertiary/aromatic N) is 2. The average molecular weight is 247 g/mol. The molecule has 2 rings (SSSR count). The SMILES string of the molecule is C[C@@H](N)C(=O)N1CCCN(c2ccccc2)CC1. The summed E-state index contributed by atoms with van der Waals surface area (Å²) in [5.74, 6) is 0.0601. The van der Waals surface area contributed by atoms with Crippen molar-refractivity contribution in [3.8, 4) is 0 Å². The van der Waals surface area contributed by atoms with Gasteiger partial charge in [0.2, 0.25) is 5.91 Å². The lowest BCUT2D eigenvalue weighted by atomic mass is 10.3. The van der Waals surface area contributed by atoms with E-state index in [2.05, 4.69) is 17.0 Å². The Balaban J connectivity index is 1.99. The largest absolute Gasteiger partial charge is 0.370 e. The minimum atomic E-state index is -0.395. The van der Waals surface area contributed by atoms with Gasteiger partial charge in [-0.05, 0) is 25.5 Å². The molecular weight excluding hydrogens is 226 g/mol. The molecule has 1 aromatic rings. The van der Waals surface area contributed by atoms with Gasteiger partial charge in [0.05, 0.1) is 6.04 Å². The third-order valence-corrected chi connectivity index (χ3v) is 3.32. The van der Waals surface area contributed by atoms with Gasteiger partial charge in [0.15, 0.2) is 0 Å². The number of amides is 1. The fourth-order valence-electron chi connectivity index (χ4n) is 2.32. The van der Waals surface area contributed by atoms with Crippen LogP contribution in [0.2, 0.25) is 0 Å². The Bertz CT molecular complexity index is 391. The lowest BCUT2D eigenvalue weighted by Gasteiger charge is -2.24. The van der Waals surface area contributed by atoms with Crippen molar-refractivity contribution in [2.45, 2.75) is 19.4 Å². The molecule has 1 atom stereocenters. The Morgan fingerprint density at radius 2 is 1.89 bits per heavy atom. The number of carbonyl (C=O) groups excluding carboxylic acids is 1. The second kappa shape index (κ2) is 5.87. The highest BCUT2D eigenvalue weighted by Crippen LogP contribution is 2.15. The van der Waals surface area contributed by atoms with Crippen LogP contribution in [0.3, 0.4) is 0 Å². The maximum Gasteiger partial charge on any atom is 0.239 e. The van der Waals surface area contributed by atoms with Crippen LogP contribution in [0.4, 0.5) is 5.69 Å². The van der Waals surface area contributed by atoms with Crippen molar-refractivity contribution in [3.05, 3.63) is 30.3 Å². The Morgan fingerprint density at radius 1 is 1.17 bits per heavy atom. The van der Waals surface area contributed by atoms with Crippen LogP contribution >= 0.6 is 0 Å². The molecule has 1 saturated heterocycles. The van der Waals surface area contributed by atoms with Gasteiger partial charge in [-0.2, -0.15) is 0 Å². The molecule has 0 spiro atoms. The van der Waals surface area contributed by atoms with Crippen LogP contribution in [-0.4, -0.2) is 43.0 Å². The first kappa shape index (κ1) is 12.9. The highest BCUT2D eigenvalue weighted by molar-refractivity contribution is 5.81. The van der Waals surface area contributed by atoms with Gasteiger partial charge in [-0.1, -0.05) is 18.2 Å². The summed E-state index contributed by atoms with van der Waals surface area (Å²) in [5, 5.41) is 0. The predicted octanol–water partition coefficient (Wildman–Crippen LogP) is 1.07. The van der Waals surface area contributed by atoms with Crippen molar-refractivity contribution < 1.29 is 4.79 Å². The highest BCUT2D eigenvalue weighted by atomic mass is 16.2.